The van der Waals surface area contributed by atoms with Crippen LogP contribution in [0.2, 0.25) is 0 Å². The van der Waals surface area contributed by atoms with E-state index in [-0.39, 0.29) is 22.9 Å². The van der Waals surface area contributed by atoms with E-state index >= 15 is 0 Å². The van der Waals surface area contributed by atoms with Crippen LogP contribution in [0.3, 0.4) is 0 Å². The van der Waals surface area contributed by atoms with Gasteiger partial charge in [-0.25, -0.2) is 13.4 Å². The quantitative estimate of drug-likeness (QED) is 0.0409. The Kier molecular flexibility index (Phi) is 13.0. The number of aliphatic carboxylic acids is 1. The molecule has 0 aromatic heterocycles. The lowest BCUT2D eigenvalue weighted by Gasteiger charge is -2.18. The number of aromatic nitrogens is 1. The van der Waals surface area contributed by atoms with E-state index in [2.05, 4.69) is 10.3 Å². The summed E-state index contributed by atoms with van der Waals surface area (Å²) in [5.41, 5.74) is -6.94. The first-order valence-corrected chi connectivity index (χ1v) is 27.9. The Morgan fingerprint density at radius 3 is 1.61 bits per heavy atom. The van der Waals surface area contributed by atoms with Crippen molar-refractivity contribution in [2.24, 2.45) is 5.92 Å². The summed E-state index contributed by atoms with van der Waals surface area (Å²) in [6.45, 7) is 0. The molecule has 7 rings (SSSR count). The number of carbonyl (C=O) groups is 2. The van der Waals surface area contributed by atoms with E-state index in [0.29, 0.717) is 18.2 Å². The molecular weight excluding hydrogens is 1070 g/mol. The largest absolute Gasteiger partial charge is 0.506 e. The van der Waals surface area contributed by atoms with E-state index < -0.39 is 185 Å². The number of fused-ring (bicyclic) bond motifs is 2. The molecule has 8 N–H and O–H groups in total. The van der Waals surface area contributed by atoms with Crippen LogP contribution >= 0.6 is 0 Å². The molecule has 71 heavy (non-hydrogen) atoms. The maximum atomic E-state index is 14.6. The lowest BCUT2D eigenvalue weighted by Crippen LogP contribution is -2.33. The summed E-state index contributed by atoms with van der Waals surface area (Å²) in [6, 6.07) is 12.3. The van der Waals surface area contributed by atoms with Crippen molar-refractivity contribution < 1.29 is 93.1 Å². The Bertz CT molecular complexity index is 4470. The summed E-state index contributed by atoms with van der Waals surface area (Å²) in [5, 5.41) is 20.3. The molecule has 1 heterocycles. The van der Waals surface area contributed by atoms with Crippen molar-refractivity contribution in [3.05, 3.63) is 138 Å². The number of rotatable bonds is 15. The fraction of sp³-hybridized carbons (Fsp3) is 0.0750. The highest BCUT2D eigenvalue weighted by Crippen LogP contribution is 2.37. The van der Waals surface area contributed by atoms with Crippen molar-refractivity contribution in [2.75, 3.05) is 11.1 Å². The summed E-state index contributed by atoms with van der Waals surface area (Å²) >= 11 is 0. The molecule has 0 bridgehead atoms. The number of Topliss-reactive ketones (excluding diaryl/α,β-unsaturated/α-hetero) is 1. The van der Waals surface area contributed by atoms with Crippen LogP contribution in [-0.2, 0) is 65.2 Å². The Morgan fingerprint density at radius 2 is 1.07 bits per heavy atom. The maximum absolute atomic E-state index is 14.6. The standard InChI is InChI=1S/C40H28N2O23S6/c43-36(18-5-3-7-20(13-18)67(51,52)53)24(40(47)48)11-12-66(49,50)28-15-25(27(69(57,58)59)17-29(28)70(60,61)62)41-26-16-30(71(63,64)65)35-33-31(22-9-1-2-10-23(22)38(45)32(26)33)34(39(46)42-35)37(44)19-6-4-8-21(14-19)68(54,55)56/h1-10,13-17,24,41,44H,11-12H2,(H,47,48)(H,51,52,53)(H,54,55,56)(H,57,58,59)(H,60,61,62)(H,63,64,65). The van der Waals surface area contributed by atoms with Crippen molar-refractivity contribution in [2.45, 2.75) is 35.8 Å². The third kappa shape index (κ3) is 9.92. The normalized spacial score (nSPS) is 13.9. The molecule has 372 valence electrons. The van der Waals surface area contributed by atoms with Gasteiger partial charge in [-0.3, -0.25) is 41.9 Å². The van der Waals surface area contributed by atoms with E-state index in [9.17, 15) is 103 Å². The number of benzene rings is 5. The zero-order valence-corrected chi connectivity index (χ0v) is 39.6. The third-order valence-electron chi connectivity index (χ3n) is 10.7. The minimum Gasteiger partial charge on any atom is -0.506 e. The number of ketones is 1. The van der Waals surface area contributed by atoms with Gasteiger partial charge in [0.25, 0.3) is 56.1 Å². The summed E-state index contributed by atoms with van der Waals surface area (Å²) in [6.07, 6.45) is -1.26. The number of aliphatic hydroxyl groups excluding tert-OH is 1. The summed E-state index contributed by atoms with van der Waals surface area (Å²) < 4.78 is 203. The molecule has 0 spiro atoms. The van der Waals surface area contributed by atoms with Gasteiger partial charge in [0.1, 0.15) is 26.4 Å². The fourth-order valence-corrected chi connectivity index (χ4v) is 12.7. The van der Waals surface area contributed by atoms with Crippen molar-refractivity contribution in [1.82, 2.24) is 4.98 Å². The zero-order chi connectivity index (χ0) is 52.7. The van der Waals surface area contributed by atoms with Gasteiger partial charge in [-0.1, -0.05) is 48.5 Å². The average molecular weight is 1100 g/mol. The highest BCUT2D eigenvalue weighted by atomic mass is 32.2. The van der Waals surface area contributed by atoms with Crippen LogP contribution in [0.4, 0.5) is 11.4 Å². The monoisotopic (exact) mass is 1100 g/mol. The smallest absolute Gasteiger partial charge is 0.314 e. The van der Waals surface area contributed by atoms with Crippen molar-refractivity contribution in [1.29, 1.82) is 0 Å². The predicted molar refractivity (Wildman–Crippen MR) is 242 cm³/mol. The molecule has 31 heteroatoms. The molecule has 0 radical (unpaired) electrons. The predicted octanol–water partition coefficient (Wildman–Crippen LogP) is 1.43. The summed E-state index contributed by atoms with van der Waals surface area (Å²) in [5.74, 6) is -8.44. The Morgan fingerprint density at radius 1 is 0.549 bits per heavy atom. The van der Waals surface area contributed by atoms with Crippen LogP contribution in [0, 0.1) is 16.4 Å². The number of hydrogen-bond donors (Lipinski definition) is 8. The topological polar surface area (TPSA) is 440 Å². The second-order valence-corrected chi connectivity index (χ2v) is 24.2. The highest BCUT2D eigenvalue weighted by Gasteiger charge is 2.35. The average Bonchev–Trinajstić information content (AvgIpc) is 3.26. The maximum Gasteiger partial charge on any atom is 0.314 e. The molecular formula is C40H28N2O23S6. The number of nitrogens with one attached hydrogen (secondary N) is 1. The van der Waals surface area contributed by atoms with Crippen molar-refractivity contribution >= 4 is 111 Å². The summed E-state index contributed by atoms with van der Waals surface area (Å²) in [7, 11) is -32.7. The molecule has 1 atom stereocenters. The van der Waals surface area contributed by atoms with Crippen LogP contribution in [0.5, 0.6) is 0 Å². The van der Waals surface area contributed by atoms with Gasteiger partial charge in [-0.05, 0) is 54.3 Å². The molecule has 5 aromatic rings. The zero-order valence-electron chi connectivity index (χ0n) is 34.7. The van der Waals surface area contributed by atoms with Gasteiger partial charge in [0.2, 0.25) is 0 Å². The molecule has 1 aliphatic carbocycles. The highest BCUT2D eigenvalue weighted by molar-refractivity contribution is 7.93. The second kappa shape index (κ2) is 17.7. The molecule has 0 amide bonds. The van der Waals surface area contributed by atoms with Gasteiger partial charge in [-0.15, -0.1) is 0 Å². The van der Waals surface area contributed by atoms with Crippen LogP contribution in [0.1, 0.15) is 22.3 Å². The molecule has 5 aromatic carbocycles. The molecule has 0 saturated carbocycles. The number of carboxylic acid groups (broad SMARTS) is 1. The number of carbonyl (C=O) groups excluding carboxylic acids is 1. The van der Waals surface area contributed by atoms with Gasteiger partial charge in [0, 0.05) is 27.0 Å². The Balaban J connectivity index is 1.54. The van der Waals surface area contributed by atoms with Crippen LogP contribution in [-0.4, -0.2) is 106 Å². The summed E-state index contributed by atoms with van der Waals surface area (Å²) in [4.78, 5) is 49.8. The molecule has 2 aliphatic rings. The number of nitrogens with zero attached hydrogens (tertiary/aromatic N) is 1. The van der Waals surface area contributed by atoms with Gasteiger partial charge in [-0.2, -0.15) is 42.1 Å². The molecule has 1 unspecified atom stereocenters. The van der Waals surface area contributed by atoms with Crippen molar-refractivity contribution in [3.8, 4) is 0 Å². The van der Waals surface area contributed by atoms with E-state index in [4.69, 9.17) is 0 Å². The number of aliphatic hydroxyl groups is 1. The fourth-order valence-electron chi connectivity index (χ4n) is 7.60. The van der Waals surface area contributed by atoms with E-state index in [0.717, 1.165) is 42.5 Å². The van der Waals surface area contributed by atoms with Gasteiger partial charge >= 0.3 is 5.97 Å². The number of anilines is 2. The van der Waals surface area contributed by atoms with E-state index in [1.807, 2.05) is 0 Å². The first-order chi connectivity index (χ1) is 32.6. The van der Waals surface area contributed by atoms with Gasteiger partial charge < -0.3 is 15.5 Å². The minimum atomic E-state index is -5.90. The second-order valence-electron chi connectivity index (χ2n) is 15.1. The van der Waals surface area contributed by atoms with E-state index in [1.165, 1.54) is 18.2 Å². The van der Waals surface area contributed by atoms with Crippen LogP contribution < -0.4 is 21.5 Å². The Labute approximate surface area is 398 Å². The third-order valence-corrected chi connectivity index (χ3v) is 17.0. The Hall–Kier alpha value is -6.91. The van der Waals surface area contributed by atoms with E-state index in [1.54, 1.807) is 0 Å². The molecule has 1 aliphatic heterocycles. The minimum absolute atomic E-state index is 0.115. The molecule has 0 saturated heterocycles. The van der Waals surface area contributed by atoms with Gasteiger partial charge in [0.05, 0.1) is 47.9 Å². The lowest BCUT2D eigenvalue weighted by molar-refractivity contribution is -0.140. The van der Waals surface area contributed by atoms with Crippen LogP contribution in [0.25, 0.3) is 27.4 Å². The van der Waals surface area contributed by atoms with Gasteiger partial charge in [0.15, 0.2) is 21.0 Å². The van der Waals surface area contributed by atoms with Crippen LogP contribution in [0.15, 0.2) is 130 Å². The number of carboxylic acids is 1. The number of hydrogen-bond acceptors (Lipinski definition) is 19. The first-order valence-electron chi connectivity index (χ1n) is 19.1. The van der Waals surface area contributed by atoms with Crippen molar-refractivity contribution in [3.63, 3.8) is 0 Å². The lowest BCUT2D eigenvalue weighted by atomic mass is 9.95. The molecule has 25 nitrogen and oxygen atoms in total. The number of sulfone groups is 1. The molecule has 0 fully saturated rings. The SMILES string of the molecule is O=C(O)C(CCS(=O)(=O)c1cc(Nc2cc(S(=O)(=O)O)c3nc(=O)c(=C(O)c4cccc(S(=O)(=O)O)c4)c4c5ccccc5c(=O)c2c3=4)c(S(=O)(=O)O)cc1S(=O)(=O)O)C(=O)c1cccc(S(=O)(=O)O)c1. The first kappa shape index (κ1) is 51.9.